The van der Waals surface area contributed by atoms with Crippen molar-refractivity contribution in [3.8, 4) is 11.5 Å². The Morgan fingerprint density at radius 1 is 0.762 bits per heavy atom. The van der Waals surface area contributed by atoms with Crippen LogP contribution in [0.25, 0.3) is 11.1 Å². The molecule has 0 saturated carbocycles. The maximum Gasteiger partial charge on any atom is 0.118 e. The van der Waals surface area contributed by atoms with Crippen molar-refractivity contribution in [2.45, 2.75) is 20.3 Å². The normalized spacial score (nSPS) is 11.8. The molecule has 0 heterocycles. The minimum atomic E-state index is 0.883. The Bertz CT molecular complexity index is 607. The minimum absolute atomic E-state index is 0.883. The SMILES string of the molecule is CCC(=C(C)c1ccc(OC)cc1)c1ccc(OC)cc1. The average Bonchev–Trinajstić information content (AvgIpc) is 2.56. The summed E-state index contributed by atoms with van der Waals surface area (Å²) in [7, 11) is 3.38. The fourth-order valence-corrected chi connectivity index (χ4v) is 2.49. The highest BCUT2D eigenvalue weighted by atomic mass is 16.5. The number of methoxy groups -OCH3 is 2. The molecule has 0 amide bonds. The van der Waals surface area contributed by atoms with Gasteiger partial charge in [0, 0.05) is 0 Å². The quantitative estimate of drug-likeness (QED) is 0.715. The second kappa shape index (κ2) is 6.98. The average molecular weight is 282 g/mol. The molecular weight excluding hydrogens is 260 g/mol. The van der Waals surface area contributed by atoms with Crippen LogP contribution in [0.1, 0.15) is 31.4 Å². The largest absolute Gasteiger partial charge is 0.497 e. The summed E-state index contributed by atoms with van der Waals surface area (Å²) in [5.41, 5.74) is 5.11. The van der Waals surface area contributed by atoms with E-state index in [9.17, 15) is 0 Å². The van der Waals surface area contributed by atoms with Gasteiger partial charge in [-0.15, -0.1) is 0 Å². The number of hydrogen-bond donors (Lipinski definition) is 0. The van der Waals surface area contributed by atoms with E-state index in [4.69, 9.17) is 9.47 Å². The van der Waals surface area contributed by atoms with Crippen molar-refractivity contribution in [2.24, 2.45) is 0 Å². The van der Waals surface area contributed by atoms with Crippen molar-refractivity contribution >= 4 is 11.1 Å². The van der Waals surface area contributed by atoms with Crippen molar-refractivity contribution in [2.75, 3.05) is 14.2 Å². The number of benzene rings is 2. The molecule has 110 valence electrons. The number of ether oxygens (including phenoxy) is 2. The van der Waals surface area contributed by atoms with Crippen LogP contribution in [0.15, 0.2) is 48.5 Å². The molecule has 21 heavy (non-hydrogen) atoms. The van der Waals surface area contributed by atoms with Crippen LogP contribution in [0, 0.1) is 0 Å². The van der Waals surface area contributed by atoms with Gasteiger partial charge in [0.1, 0.15) is 11.5 Å². The third kappa shape index (κ3) is 3.46. The summed E-state index contributed by atoms with van der Waals surface area (Å²) >= 11 is 0. The van der Waals surface area contributed by atoms with Crippen molar-refractivity contribution in [3.05, 3.63) is 59.7 Å². The number of allylic oxidation sites excluding steroid dienone is 2. The van der Waals surface area contributed by atoms with E-state index >= 15 is 0 Å². The summed E-state index contributed by atoms with van der Waals surface area (Å²) in [6.07, 6.45) is 0.990. The molecule has 0 aromatic heterocycles. The van der Waals surface area contributed by atoms with Crippen LogP contribution < -0.4 is 9.47 Å². The zero-order valence-electron chi connectivity index (χ0n) is 13.1. The van der Waals surface area contributed by atoms with Gasteiger partial charge in [-0.1, -0.05) is 31.2 Å². The van der Waals surface area contributed by atoms with E-state index in [0.29, 0.717) is 0 Å². The molecule has 0 bridgehead atoms. The van der Waals surface area contributed by atoms with E-state index in [-0.39, 0.29) is 0 Å². The topological polar surface area (TPSA) is 18.5 Å². The molecule has 0 saturated heterocycles. The van der Waals surface area contributed by atoms with Crippen LogP contribution in [0.5, 0.6) is 11.5 Å². The second-order valence-electron chi connectivity index (χ2n) is 4.91. The maximum absolute atomic E-state index is 5.22. The summed E-state index contributed by atoms with van der Waals surface area (Å²) in [5.74, 6) is 1.77. The van der Waals surface area contributed by atoms with E-state index in [1.54, 1.807) is 14.2 Å². The Balaban J connectivity index is 2.39. The first kappa shape index (κ1) is 15.2. The summed E-state index contributed by atoms with van der Waals surface area (Å²) in [6.45, 7) is 4.36. The molecule has 2 aromatic rings. The van der Waals surface area contributed by atoms with Gasteiger partial charge in [-0.25, -0.2) is 0 Å². The van der Waals surface area contributed by atoms with Gasteiger partial charge in [0.25, 0.3) is 0 Å². The molecule has 0 aliphatic heterocycles. The summed E-state index contributed by atoms with van der Waals surface area (Å²) < 4.78 is 10.4. The number of rotatable bonds is 5. The third-order valence-electron chi connectivity index (χ3n) is 3.77. The standard InChI is InChI=1S/C19H22O2/c1-5-19(16-8-12-18(21-4)13-9-16)14(2)15-6-10-17(20-3)11-7-15/h6-13H,5H2,1-4H3. The molecule has 0 unspecified atom stereocenters. The van der Waals surface area contributed by atoms with Crippen LogP contribution in [0.3, 0.4) is 0 Å². The molecular formula is C19H22O2. The van der Waals surface area contributed by atoms with Crippen molar-refractivity contribution in [3.63, 3.8) is 0 Å². The molecule has 0 aliphatic carbocycles. The first-order valence-electron chi connectivity index (χ1n) is 7.18. The van der Waals surface area contributed by atoms with E-state index in [0.717, 1.165) is 17.9 Å². The van der Waals surface area contributed by atoms with Crippen molar-refractivity contribution < 1.29 is 9.47 Å². The zero-order valence-corrected chi connectivity index (χ0v) is 13.1. The monoisotopic (exact) mass is 282 g/mol. The molecule has 0 aliphatic rings. The first-order chi connectivity index (χ1) is 10.2. The fraction of sp³-hybridized carbons (Fsp3) is 0.263. The Hall–Kier alpha value is -2.22. The molecule has 0 fully saturated rings. The summed E-state index contributed by atoms with van der Waals surface area (Å²) in [4.78, 5) is 0. The van der Waals surface area contributed by atoms with E-state index < -0.39 is 0 Å². The van der Waals surface area contributed by atoms with Gasteiger partial charge >= 0.3 is 0 Å². The van der Waals surface area contributed by atoms with Gasteiger partial charge in [-0.05, 0) is 59.9 Å². The minimum Gasteiger partial charge on any atom is -0.497 e. The third-order valence-corrected chi connectivity index (χ3v) is 3.77. The van der Waals surface area contributed by atoms with Crippen molar-refractivity contribution in [1.29, 1.82) is 0 Å². The van der Waals surface area contributed by atoms with Gasteiger partial charge in [-0.3, -0.25) is 0 Å². The predicted octanol–water partition coefficient (Wildman–Crippen LogP) is 5.04. The molecule has 2 nitrogen and oxygen atoms in total. The van der Waals surface area contributed by atoms with Gasteiger partial charge < -0.3 is 9.47 Å². The molecule has 0 spiro atoms. The van der Waals surface area contributed by atoms with Crippen molar-refractivity contribution in [1.82, 2.24) is 0 Å². The molecule has 2 heteroatoms. The highest BCUT2D eigenvalue weighted by Gasteiger charge is 2.07. The van der Waals surface area contributed by atoms with E-state index in [2.05, 4.69) is 38.1 Å². The summed E-state index contributed by atoms with van der Waals surface area (Å²) in [5, 5.41) is 0. The smallest absolute Gasteiger partial charge is 0.118 e. The molecule has 0 N–H and O–H groups in total. The van der Waals surface area contributed by atoms with Crippen LogP contribution in [0.4, 0.5) is 0 Å². The van der Waals surface area contributed by atoms with Gasteiger partial charge in [0.05, 0.1) is 14.2 Å². The zero-order chi connectivity index (χ0) is 15.2. The Morgan fingerprint density at radius 3 is 1.57 bits per heavy atom. The lowest BCUT2D eigenvalue weighted by Gasteiger charge is -2.12. The maximum atomic E-state index is 5.22. The van der Waals surface area contributed by atoms with Gasteiger partial charge in [-0.2, -0.15) is 0 Å². The fourth-order valence-electron chi connectivity index (χ4n) is 2.49. The lowest BCUT2D eigenvalue weighted by molar-refractivity contribution is 0.414. The van der Waals surface area contributed by atoms with E-state index in [1.807, 2.05) is 24.3 Å². The van der Waals surface area contributed by atoms with E-state index in [1.165, 1.54) is 22.3 Å². The lowest BCUT2D eigenvalue weighted by atomic mass is 9.94. The number of hydrogen-bond acceptors (Lipinski definition) is 2. The first-order valence-corrected chi connectivity index (χ1v) is 7.18. The van der Waals surface area contributed by atoms with Crippen LogP contribution in [-0.2, 0) is 0 Å². The molecule has 0 radical (unpaired) electrons. The summed E-state index contributed by atoms with van der Waals surface area (Å²) in [6, 6.07) is 16.5. The Morgan fingerprint density at radius 2 is 1.19 bits per heavy atom. The van der Waals surface area contributed by atoms with Crippen LogP contribution >= 0.6 is 0 Å². The highest BCUT2D eigenvalue weighted by Crippen LogP contribution is 2.30. The molecule has 0 atom stereocenters. The Kier molecular flexibility index (Phi) is 5.04. The highest BCUT2D eigenvalue weighted by molar-refractivity contribution is 5.89. The second-order valence-corrected chi connectivity index (χ2v) is 4.91. The Labute approximate surface area is 127 Å². The van der Waals surface area contributed by atoms with Gasteiger partial charge in [0.15, 0.2) is 0 Å². The van der Waals surface area contributed by atoms with Crippen LogP contribution in [-0.4, -0.2) is 14.2 Å². The predicted molar refractivity (Wildman–Crippen MR) is 88.8 cm³/mol. The molecule has 2 aromatic carbocycles. The van der Waals surface area contributed by atoms with Crippen LogP contribution in [0.2, 0.25) is 0 Å². The van der Waals surface area contributed by atoms with Gasteiger partial charge in [0.2, 0.25) is 0 Å². The molecule has 2 rings (SSSR count). The lowest BCUT2D eigenvalue weighted by Crippen LogP contribution is -1.91.